The van der Waals surface area contributed by atoms with Crippen molar-refractivity contribution in [2.24, 2.45) is 0 Å². The minimum atomic E-state index is -0.146. The van der Waals surface area contributed by atoms with E-state index >= 15 is 0 Å². The third-order valence-corrected chi connectivity index (χ3v) is 2.94. The van der Waals surface area contributed by atoms with Gasteiger partial charge in [-0.05, 0) is 0 Å². The van der Waals surface area contributed by atoms with Gasteiger partial charge in [0.05, 0.1) is 18.9 Å². The van der Waals surface area contributed by atoms with Crippen LogP contribution in [0.25, 0.3) is 0 Å². The molecule has 0 aromatic carbocycles. The number of aromatic amines is 1. The predicted molar refractivity (Wildman–Crippen MR) is 70.6 cm³/mol. The number of aromatic nitrogens is 5. The van der Waals surface area contributed by atoms with Crippen molar-refractivity contribution in [2.75, 3.05) is 24.2 Å². The molecular formula is C10H13N7OS. The van der Waals surface area contributed by atoms with Gasteiger partial charge in [0.15, 0.2) is 5.82 Å². The molecule has 0 aliphatic rings. The molecule has 2 heterocycles. The normalized spacial score (nSPS) is 10.3. The standard InChI is InChI=1S/C10H13N7OS/c18-9(15-8-5-11-1-2-13-8)6-12-3-4-19-10-7-14-17-16-10/h1-2,5,7,12H,3-4,6H2,(H,13,15,18)(H,14,16,17). The summed E-state index contributed by atoms with van der Waals surface area (Å²) >= 11 is 1.56. The molecule has 0 saturated carbocycles. The Hall–Kier alpha value is -2.00. The van der Waals surface area contributed by atoms with Crippen molar-refractivity contribution in [1.29, 1.82) is 0 Å². The fraction of sp³-hybridized carbons (Fsp3) is 0.300. The van der Waals surface area contributed by atoms with E-state index < -0.39 is 0 Å². The Labute approximate surface area is 113 Å². The number of anilines is 1. The summed E-state index contributed by atoms with van der Waals surface area (Å²) in [5.74, 6) is 1.11. The SMILES string of the molecule is O=C(CNCCSc1cn[nH]n1)Nc1cnccn1. The maximum absolute atomic E-state index is 11.5. The minimum Gasteiger partial charge on any atom is -0.308 e. The van der Waals surface area contributed by atoms with E-state index in [9.17, 15) is 4.79 Å². The summed E-state index contributed by atoms with van der Waals surface area (Å²) in [6, 6.07) is 0. The molecule has 0 spiro atoms. The first-order valence-electron chi connectivity index (χ1n) is 5.60. The van der Waals surface area contributed by atoms with Gasteiger partial charge in [0.25, 0.3) is 0 Å². The fourth-order valence-electron chi connectivity index (χ4n) is 1.24. The third kappa shape index (κ3) is 5.02. The minimum absolute atomic E-state index is 0.146. The van der Waals surface area contributed by atoms with Crippen LogP contribution in [0.3, 0.4) is 0 Å². The maximum Gasteiger partial charge on any atom is 0.239 e. The second kappa shape index (κ2) is 7.44. The number of hydrogen-bond acceptors (Lipinski definition) is 7. The molecule has 0 atom stereocenters. The summed E-state index contributed by atoms with van der Waals surface area (Å²) in [7, 11) is 0. The van der Waals surface area contributed by atoms with Crippen molar-refractivity contribution in [1.82, 2.24) is 30.7 Å². The first kappa shape index (κ1) is 13.4. The Balaban J connectivity index is 1.57. The molecule has 2 aromatic rings. The van der Waals surface area contributed by atoms with Crippen molar-refractivity contribution in [3.63, 3.8) is 0 Å². The number of carbonyl (C=O) groups is 1. The Morgan fingerprint density at radius 2 is 2.32 bits per heavy atom. The highest BCUT2D eigenvalue weighted by molar-refractivity contribution is 7.99. The zero-order valence-electron chi connectivity index (χ0n) is 10.0. The number of rotatable bonds is 7. The van der Waals surface area contributed by atoms with E-state index in [1.165, 1.54) is 12.4 Å². The van der Waals surface area contributed by atoms with Gasteiger partial charge < -0.3 is 10.6 Å². The monoisotopic (exact) mass is 279 g/mol. The molecular weight excluding hydrogens is 266 g/mol. The topological polar surface area (TPSA) is 108 Å². The van der Waals surface area contributed by atoms with Crippen molar-refractivity contribution in [3.05, 3.63) is 24.8 Å². The molecule has 0 aliphatic heterocycles. The zero-order valence-corrected chi connectivity index (χ0v) is 10.9. The van der Waals surface area contributed by atoms with E-state index in [0.717, 1.165) is 10.8 Å². The summed E-state index contributed by atoms with van der Waals surface area (Å²) in [6.07, 6.45) is 6.23. The molecule has 0 unspecified atom stereocenters. The lowest BCUT2D eigenvalue weighted by Crippen LogP contribution is -2.29. The van der Waals surface area contributed by atoms with Crippen LogP contribution < -0.4 is 10.6 Å². The number of hydrogen-bond donors (Lipinski definition) is 3. The average Bonchev–Trinajstić information content (AvgIpc) is 2.92. The first-order valence-corrected chi connectivity index (χ1v) is 6.58. The van der Waals surface area contributed by atoms with Gasteiger partial charge in [-0.25, -0.2) is 4.98 Å². The third-order valence-electron chi connectivity index (χ3n) is 2.04. The molecule has 0 saturated heterocycles. The van der Waals surface area contributed by atoms with Crippen molar-refractivity contribution in [3.8, 4) is 0 Å². The molecule has 3 N–H and O–H groups in total. The Bertz CT molecular complexity index is 490. The zero-order chi connectivity index (χ0) is 13.3. The summed E-state index contributed by atoms with van der Waals surface area (Å²) in [5.41, 5.74) is 0. The lowest BCUT2D eigenvalue weighted by molar-refractivity contribution is -0.115. The Morgan fingerprint density at radius 1 is 1.37 bits per heavy atom. The highest BCUT2D eigenvalue weighted by Gasteiger charge is 2.02. The molecule has 8 nitrogen and oxygen atoms in total. The summed E-state index contributed by atoms with van der Waals surface area (Å²) in [5, 5.41) is 16.7. The van der Waals surface area contributed by atoms with E-state index in [2.05, 4.69) is 36.0 Å². The largest absolute Gasteiger partial charge is 0.308 e. The molecule has 0 aliphatic carbocycles. The van der Waals surface area contributed by atoms with Crippen LogP contribution in [0, 0.1) is 0 Å². The van der Waals surface area contributed by atoms with Gasteiger partial charge in [-0.2, -0.15) is 10.3 Å². The van der Waals surface area contributed by atoms with Gasteiger partial charge in [-0.3, -0.25) is 9.78 Å². The first-order chi connectivity index (χ1) is 9.34. The molecule has 2 aromatic heterocycles. The lowest BCUT2D eigenvalue weighted by atomic mass is 10.5. The quantitative estimate of drug-likeness (QED) is 0.480. The molecule has 2 rings (SSSR count). The number of amides is 1. The molecule has 100 valence electrons. The van der Waals surface area contributed by atoms with Crippen LogP contribution in [-0.2, 0) is 4.79 Å². The lowest BCUT2D eigenvalue weighted by Gasteiger charge is -2.04. The Morgan fingerprint density at radius 3 is 3.05 bits per heavy atom. The molecule has 1 amide bonds. The van der Waals surface area contributed by atoms with Gasteiger partial charge >= 0.3 is 0 Å². The number of nitrogens with zero attached hydrogens (tertiary/aromatic N) is 4. The van der Waals surface area contributed by atoms with Crippen LogP contribution in [0.15, 0.2) is 29.8 Å². The van der Waals surface area contributed by atoms with E-state index in [4.69, 9.17) is 0 Å². The van der Waals surface area contributed by atoms with E-state index in [-0.39, 0.29) is 12.5 Å². The number of thioether (sulfide) groups is 1. The van der Waals surface area contributed by atoms with E-state index in [1.807, 2.05) is 0 Å². The van der Waals surface area contributed by atoms with Crippen LogP contribution in [-0.4, -0.2) is 50.1 Å². The van der Waals surface area contributed by atoms with E-state index in [0.29, 0.717) is 12.4 Å². The van der Waals surface area contributed by atoms with Crippen molar-refractivity contribution < 1.29 is 4.79 Å². The second-order valence-electron chi connectivity index (χ2n) is 3.47. The second-order valence-corrected chi connectivity index (χ2v) is 4.59. The van der Waals surface area contributed by atoms with Crippen LogP contribution >= 0.6 is 11.8 Å². The maximum atomic E-state index is 11.5. The molecule has 19 heavy (non-hydrogen) atoms. The number of nitrogens with one attached hydrogen (secondary N) is 3. The number of carbonyl (C=O) groups excluding carboxylic acids is 1. The summed E-state index contributed by atoms with van der Waals surface area (Å²) in [4.78, 5) is 19.3. The van der Waals surface area contributed by atoms with Gasteiger partial charge in [-0.15, -0.1) is 16.9 Å². The summed E-state index contributed by atoms with van der Waals surface area (Å²) < 4.78 is 0. The summed E-state index contributed by atoms with van der Waals surface area (Å²) in [6.45, 7) is 0.932. The molecule has 9 heteroatoms. The number of H-pyrrole nitrogens is 1. The van der Waals surface area contributed by atoms with Gasteiger partial charge in [0.1, 0.15) is 5.03 Å². The van der Waals surface area contributed by atoms with Crippen LogP contribution in [0.4, 0.5) is 5.82 Å². The van der Waals surface area contributed by atoms with Crippen molar-refractivity contribution in [2.45, 2.75) is 5.03 Å². The highest BCUT2D eigenvalue weighted by Crippen LogP contribution is 2.10. The van der Waals surface area contributed by atoms with Gasteiger partial charge in [-0.1, -0.05) is 0 Å². The van der Waals surface area contributed by atoms with Crippen LogP contribution in [0.5, 0.6) is 0 Å². The molecule has 0 bridgehead atoms. The van der Waals surface area contributed by atoms with Crippen molar-refractivity contribution >= 4 is 23.5 Å². The average molecular weight is 279 g/mol. The Kier molecular flexibility index (Phi) is 5.26. The van der Waals surface area contributed by atoms with Gasteiger partial charge in [0.2, 0.25) is 5.91 Å². The van der Waals surface area contributed by atoms with Crippen LogP contribution in [0.1, 0.15) is 0 Å². The fourth-order valence-corrected chi connectivity index (χ4v) is 1.93. The predicted octanol–water partition coefficient (Wildman–Crippen LogP) is -0.0849. The smallest absolute Gasteiger partial charge is 0.239 e. The van der Waals surface area contributed by atoms with Gasteiger partial charge in [0, 0.05) is 24.7 Å². The highest BCUT2D eigenvalue weighted by atomic mass is 32.2. The molecule has 0 fully saturated rings. The van der Waals surface area contributed by atoms with E-state index in [1.54, 1.807) is 24.2 Å². The molecule has 0 radical (unpaired) electrons. The van der Waals surface area contributed by atoms with Crippen LogP contribution in [0.2, 0.25) is 0 Å².